The SMILES string of the molecule is Cc1ccc(S(=O)(=O)N2CCC(C(=O)OCC(=O)N3CCCC[C@H]3C)CC2)cc1C. The van der Waals surface area contributed by atoms with Gasteiger partial charge in [0.25, 0.3) is 5.91 Å². The van der Waals surface area contributed by atoms with Crippen molar-refractivity contribution in [2.75, 3.05) is 26.2 Å². The minimum Gasteiger partial charge on any atom is -0.455 e. The Morgan fingerprint density at radius 2 is 1.73 bits per heavy atom. The fourth-order valence-corrected chi connectivity index (χ4v) is 5.71. The van der Waals surface area contributed by atoms with Crippen molar-refractivity contribution in [2.45, 2.75) is 63.8 Å². The number of amides is 1. The number of nitrogens with zero attached hydrogens (tertiary/aromatic N) is 2. The summed E-state index contributed by atoms with van der Waals surface area (Å²) < 4.78 is 32.5. The van der Waals surface area contributed by atoms with E-state index in [1.54, 1.807) is 17.0 Å². The molecule has 1 amide bonds. The van der Waals surface area contributed by atoms with Crippen LogP contribution in [-0.2, 0) is 24.3 Å². The van der Waals surface area contributed by atoms with E-state index in [0.717, 1.165) is 30.4 Å². The Bertz CT molecular complexity index is 891. The van der Waals surface area contributed by atoms with Crippen molar-refractivity contribution in [1.82, 2.24) is 9.21 Å². The van der Waals surface area contributed by atoms with Gasteiger partial charge in [0.2, 0.25) is 10.0 Å². The number of hydrogen-bond donors (Lipinski definition) is 0. The zero-order chi connectivity index (χ0) is 21.9. The van der Waals surface area contributed by atoms with Crippen LogP contribution in [0.1, 0.15) is 50.2 Å². The number of ether oxygens (including phenoxy) is 1. The molecule has 2 saturated heterocycles. The van der Waals surface area contributed by atoms with E-state index in [4.69, 9.17) is 4.74 Å². The third-order valence-corrected chi connectivity index (χ3v) is 8.26. The Kier molecular flexibility index (Phi) is 7.18. The molecular formula is C22H32N2O5S. The Hall–Kier alpha value is -1.93. The predicted molar refractivity (Wildman–Crippen MR) is 113 cm³/mol. The van der Waals surface area contributed by atoms with Gasteiger partial charge < -0.3 is 9.64 Å². The van der Waals surface area contributed by atoms with E-state index in [1.165, 1.54) is 4.31 Å². The summed E-state index contributed by atoms with van der Waals surface area (Å²) in [6.07, 6.45) is 3.88. The molecule has 3 rings (SSSR count). The second-order valence-electron chi connectivity index (χ2n) is 8.46. The number of likely N-dealkylation sites (tertiary alicyclic amines) is 1. The molecule has 2 heterocycles. The van der Waals surface area contributed by atoms with Crippen LogP contribution in [0.2, 0.25) is 0 Å². The van der Waals surface area contributed by atoms with Crippen molar-refractivity contribution >= 4 is 21.9 Å². The molecule has 0 unspecified atom stereocenters. The number of piperidine rings is 2. The van der Waals surface area contributed by atoms with Crippen molar-refractivity contribution in [3.8, 4) is 0 Å². The molecule has 0 spiro atoms. The maximum atomic E-state index is 12.9. The van der Waals surface area contributed by atoms with E-state index >= 15 is 0 Å². The number of sulfonamides is 1. The first kappa shape index (κ1) is 22.7. The summed E-state index contributed by atoms with van der Waals surface area (Å²) in [6.45, 7) is 6.88. The van der Waals surface area contributed by atoms with E-state index in [0.29, 0.717) is 19.4 Å². The van der Waals surface area contributed by atoms with E-state index in [1.807, 2.05) is 26.8 Å². The lowest BCUT2D eigenvalue weighted by molar-refractivity contribution is -0.157. The zero-order valence-corrected chi connectivity index (χ0v) is 18.9. The number of hydrogen-bond acceptors (Lipinski definition) is 5. The van der Waals surface area contributed by atoms with Gasteiger partial charge >= 0.3 is 5.97 Å². The number of rotatable bonds is 5. The number of aryl methyl sites for hydroxylation is 2. The van der Waals surface area contributed by atoms with Crippen LogP contribution in [0.4, 0.5) is 0 Å². The average Bonchev–Trinajstić information content (AvgIpc) is 2.74. The first-order valence-corrected chi connectivity index (χ1v) is 12.2. The lowest BCUT2D eigenvalue weighted by atomic mass is 9.98. The molecule has 0 bridgehead atoms. The van der Waals surface area contributed by atoms with Crippen molar-refractivity contribution in [2.24, 2.45) is 5.92 Å². The highest BCUT2D eigenvalue weighted by Gasteiger charge is 2.33. The van der Waals surface area contributed by atoms with E-state index in [2.05, 4.69) is 0 Å². The Morgan fingerprint density at radius 1 is 1.03 bits per heavy atom. The maximum Gasteiger partial charge on any atom is 0.309 e. The standard InChI is InChI=1S/C22H32N2O5S/c1-16-7-8-20(14-17(16)2)30(27,28)23-12-9-19(10-13-23)22(26)29-15-21(25)24-11-5-4-6-18(24)3/h7-8,14,18-19H,4-6,9-13,15H2,1-3H3/t18-/m1/s1. The van der Waals surface area contributed by atoms with Gasteiger partial charge in [-0.3, -0.25) is 9.59 Å². The van der Waals surface area contributed by atoms with Gasteiger partial charge in [-0.1, -0.05) is 6.07 Å². The van der Waals surface area contributed by atoms with Crippen LogP contribution < -0.4 is 0 Å². The molecule has 0 aliphatic carbocycles. The lowest BCUT2D eigenvalue weighted by Gasteiger charge is -2.33. The third kappa shape index (κ3) is 5.03. The molecule has 1 aromatic rings. The molecule has 166 valence electrons. The molecule has 0 radical (unpaired) electrons. The smallest absolute Gasteiger partial charge is 0.309 e. The van der Waals surface area contributed by atoms with Gasteiger partial charge in [0.1, 0.15) is 0 Å². The van der Waals surface area contributed by atoms with Crippen LogP contribution in [0, 0.1) is 19.8 Å². The van der Waals surface area contributed by atoms with Gasteiger partial charge in [0, 0.05) is 25.7 Å². The molecule has 0 aromatic heterocycles. The first-order chi connectivity index (χ1) is 14.2. The number of benzene rings is 1. The normalized spacial score (nSPS) is 21.4. The fraction of sp³-hybridized carbons (Fsp3) is 0.636. The second-order valence-corrected chi connectivity index (χ2v) is 10.4. The second kappa shape index (κ2) is 9.47. The summed E-state index contributed by atoms with van der Waals surface area (Å²) in [6, 6.07) is 5.32. The minimum atomic E-state index is -3.58. The summed E-state index contributed by atoms with van der Waals surface area (Å²) >= 11 is 0. The topological polar surface area (TPSA) is 84.0 Å². The van der Waals surface area contributed by atoms with Gasteiger partial charge in [-0.05, 0) is 76.1 Å². The van der Waals surface area contributed by atoms with Crippen LogP contribution in [0.5, 0.6) is 0 Å². The van der Waals surface area contributed by atoms with Crippen LogP contribution in [-0.4, -0.2) is 61.8 Å². The third-order valence-electron chi connectivity index (χ3n) is 6.36. The molecule has 7 nitrogen and oxygen atoms in total. The van der Waals surface area contributed by atoms with Gasteiger partial charge in [-0.25, -0.2) is 8.42 Å². The van der Waals surface area contributed by atoms with Crippen molar-refractivity contribution in [1.29, 1.82) is 0 Å². The highest BCUT2D eigenvalue weighted by atomic mass is 32.2. The summed E-state index contributed by atoms with van der Waals surface area (Å²) in [4.78, 5) is 26.8. The fourth-order valence-electron chi connectivity index (χ4n) is 4.16. The molecule has 1 atom stereocenters. The van der Waals surface area contributed by atoms with Gasteiger partial charge in [-0.2, -0.15) is 4.31 Å². The van der Waals surface area contributed by atoms with E-state index in [-0.39, 0.29) is 42.5 Å². The Balaban J connectivity index is 1.51. The number of esters is 1. The highest BCUT2D eigenvalue weighted by Crippen LogP contribution is 2.26. The van der Waals surface area contributed by atoms with Gasteiger partial charge in [0.05, 0.1) is 10.8 Å². The monoisotopic (exact) mass is 436 g/mol. The Labute approximate surface area is 179 Å². The van der Waals surface area contributed by atoms with E-state index in [9.17, 15) is 18.0 Å². The molecule has 1 aromatic carbocycles. The molecule has 2 aliphatic heterocycles. The minimum absolute atomic E-state index is 0.148. The maximum absolute atomic E-state index is 12.9. The van der Waals surface area contributed by atoms with Crippen molar-refractivity contribution in [3.05, 3.63) is 29.3 Å². The summed E-state index contributed by atoms with van der Waals surface area (Å²) in [7, 11) is -3.58. The van der Waals surface area contributed by atoms with Crippen LogP contribution in [0.15, 0.2) is 23.1 Å². The number of carbonyl (C=O) groups is 2. The molecule has 0 N–H and O–H groups in total. The number of carbonyl (C=O) groups excluding carboxylic acids is 2. The summed E-state index contributed by atoms with van der Waals surface area (Å²) in [5.41, 5.74) is 1.98. The Morgan fingerprint density at radius 3 is 2.37 bits per heavy atom. The van der Waals surface area contributed by atoms with Crippen LogP contribution >= 0.6 is 0 Å². The highest BCUT2D eigenvalue weighted by molar-refractivity contribution is 7.89. The zero-order valence-electron chi connectivity index (χ0n) is 18.1. The predicted octanol–water partition coefficient (Wildman–Crippen LogP) is 2.65. The lowest BCUT2D eigenvalue weighted by Crippen LogP contribution is -2.45. The largest absolute Gasteiger partial charge is 0.455 e. The van der Waals surface area contributed by atoms with Crippen molar-refractivity contribution < 1.29 is 22.7 Å². The van der Waals surface area contributed by atoms with Crippen LogP contribution in [0.3, 0.4) is 0 Å². The van der Waals surface area contributed by atoms with E-state index < -0.39 is 16.0 Å². The molecule has 2 fully saturated rings. The molecule has 30 heavy (non-hydrogen) atoms. The van der Waals surface area contributed by atoms with Gasteiger partial charge in [0.15, 0.2) is 6.61 Å². The van der Waals surface area contributed by atoms with Gasteiger partial charge in [-0.15, -0.1) is 0 Å². The summed E-state index contributed by atoms with van der Waals surface area (Å²) in [5, 5.41) is 0. The molecule has 0 saturated carbocycles. The first-order valence-electron chi connectivity index (χ1n) is 10.7. The molecular weight excluding hydrogens is 404 g/mol. The average molecular weight is 437 g/mol. The summed E-state index contributed by atoms with van der Waals surface area (Å²) in [5.74, 6) is -0.927. The molecule has 8 heteroatoms. The molecule has 2 aliphatic rings. The quantitative estimate of drug-likeness (QED) is 0.663. The van der Waals surface area contributed by atoms with Crippen LogP contribution in [0.25, 0.3) is 0 Å². The van der Waals surface area contributed by atoms with Crippen molar-refractivity contribution in [3.63, 3.8) is 0 Å².